The number of aromatic nitrogens is 2. The van der Waals surface area contributed by atoms with Crippen molar-refractivity contribution >= 4 is 27.7 Å². The molecule has 0 aliphatic rings. The van der Waals surface area contributed by atoms with Crippen molar-refractivity contribution in [2.75, 3.05) is 24.2 Å². The van der Waals surface area contributed by atoms with Crippen LogP contribution in [-0.4, -0.2) is 34.8 Å². The molecule has 1 atom stereocenters. The number of rotatable bonds is 5. The zero-order valence-electron chi connectivity index (χ0n) is 11.3. The van der Waals surface area contributed by atoms with Crippen molar-refractivity contribution in [3.63, 3.8) is 0 Å². The normalized spacial score (nSPS) is 13.2. The standard InChI is InChI=1S/C12H21BrN4O/c1-12(2,3)5-8(18)6-15-10-9(13)7-16-11(14-4)17-10/h7-8,18H,5-6H2,1-4H3,(H2,14,15,16,17). The Morgan fingerprint density at radius 2 is 2.11 bits per heavy atom. The summed E-state index contributed by atoms with van der Waals surface area (Å²) >= 11 is 3.37. The van der Waals surface area contributed by atoms with Crippen LogP contribution in [0.25, 0.3) is 0 Å². The van der Waals surface area contributed by atoms with Crippen molar-refractivity contribution in [1.82, 2.24) is 9.97 Å². The van der Waals surface area contributed by atoms with Crippen LogP contribution in [0.15, 0.2) is 10.7 Å². The van der Waals surface area contributed by atoms with E-state index in [2.05, 4.69) is 57.3 Å². The molecule has 0 aliphatic carbocycles. The van der Waals surface area contributed by atoms with Gasteiger partial charge in [-0.1, -0.05) is 20.8 Å². The molecule has 0 radical (unpaired) electrons. The van der Waals surface area contributed by atoms with Gasteiger partial charge in [-0.15, -0.1) is 0 Å². The van der Waals surface area contributed by atoms with Crippen molar-refractivity contribution in [2.24, 2.45) is 5.41 Å². The molecule has 6 heteroatoms. The molecule has 102 valence electrons. The van der Waals surface area contributed by atoms with Crippen LogP contribution < -0.4 is 10.6 Å². The van der Waals surface area contributed by atoms with E-state index in [1.165, 1.54) is 0 Å². The average Bonchev–Trinajstić information content (AvgIpc) is 2.25. The van der Waals surface area contributed by atoms with Gasteiger partial charge in [0.15, 0.2) is 0 Å². The summed E-state index contributed by atoms with van der Waals surface area (Å²) in [5.41, 5.74) is 0.111. The van der Waals surface area contributed by atoms with Crippen molar-refractivity contribution < 1.29 is 5.11 Å². The molecule has 0 saturated carbocycles. The predicted molar refractivity (Wildman–Crippen MR) is 77.8 cm³/mol. The number of anilines is 2. The molecule has 1 rings (SSSR count). The first-order valence-electron chi connectivity index (χ1n) is 5.94. The first kappa shape index (κ1) is 15.2. The number of aliphatic hydroxyl groups excluding tert-OH is 1. The predicted octanol–water partition coefficient (Wildman–Crippen LogP) is 2.49. The van der Waals surface area contributed by atoms with E-state index in [4.69, 9.17) is 0 Å². The Bertz CT molecular complexity index is 392. The molecule has 1 unspecified atom stereocenters. The number of hydrogen-bond acceptors (Lipinski definition) is 5. The van der Waals surface area contributed by atoms with Crippen molar-refractivity contribution in [3.05, 3.63) is 10.7 Å². The monoisotopic (exact) mass is 316 g/mol. The maximum atomic E-state index is 9.93. The Kier molecular flexibility index (Phi) is 5.34. The molecule has 1 aromatic rings. The summed E-state index contributed by atoms with van der Waals surface area (Å²) in [6.45, 7) is 6.79. The van der Waals surface area contributed by atoms with Gasteiger partial charge in [0.1, 0.15) is 5.82 Å². The molecule has 1 heterocycles. The number of nitrogens with one attached hydrogen (secondary N) is 2. The van der Waals surface area contributed by atoms with Gasteiger partial charge in [0.25, 0.3) is 0 Å². The first-order valence-corrected chi connectivity index (χ1v) is 6.73. The lowest BCUT2D eigenvalue weighted by Gasteiger charge is -2.22. The maximum Gasteiger partial charge on any atom is 0.224 e. The highest BCUT2D eigenvalue weighted by Gasteiger charge is 2.17. The quantitative estimate of drug-likeness (QED) is 0.778. The van der Waals surface area contributed by atoms with Crippen LogP contribution in [0.2, 0.25) is 0 Å². The van der Waals surface area contributed by atoms with E-state index in [-0.39, 0.29) is 5.41 Å². The fourth-order valence-electron chi connectivity index (χ4n) is 1.61. The fourth-order valence-corrected chi connectivity index (χ4v) is 1.94. The van der Waals surface area contributed by atoms with Gasteiger partial charge in [-0.2, -0.15) is 4.98 Å². The van der Waals surface area contributed by atoms with Crippen molar-refractivity contribution in [1.29, 1.82) is 0 Å². The molecule has 0 aromatic carbocycles. The lowest BCUT2D eigenvalue weighted by atomic mass is 9.89. The number of halogens is 1. The number of aliphatic hydroxyl groups is 1. The second-order valence-electron chi connectivity index (χ2n) is 5.44. The number of nitrogens with zero attached hydrogens (tertiary/aromatic N) is 2. The Labute approximate surface area is 117 Å². The largest absolute Gasteiger partial charge is 0.391 e. The summed E-state index contributed by atoms with van der Waals surface area (Å²) in [6, 6.07) is 0. The SMILES string of the molecule is CNc1ncc(Br)c(NCC(O)CC(C)(C)C)n1. The third-order valence-electron chi connectivity index (χ3n) is 2.32. The van der Waals surface area contributed by atoms with E-state index in [1.807, 2.05) is 0 Å². The van der Waals surface area contributed by atoms with Gasteiger partial charge < -0.3 is 15.7 Å². The summed E-state index contributed by atoms with van der Waals surface area (Å²) in [6.07, 6.45) is 2.02. The Hall–Kier alpha value is -0.880. The Balaban J connectivity index is 2.57. The van der Waals surface area contributed by atoms with E-state index < -0.39 is 6.10 Å². The van der Waals surface area contributed by atoms with Crippen LogP contribution in [0.4, 0.5) is 11.8 Å². The molecule has 5 nitrogen and oxygen atoms in total. The molecule has 0 spiro atoms. The minimum atomic E-state index is -0.398. The smallest absolute Gasteiger partial charge is 0.224 e. The van der Waals surface area contributed by atoms with E-state index in [0.29, 0.717) is 18.3 Å². The third kappa shape index (κ3) is 5.18. The highest BCUT2D eigenvalue weighted by Crippen LogP contribution is 2.23. The molecule has 0 amide bonds. The van der Waals surface area contributed by atoms with Crippen LogP contribution in [0, 0.1) is 5.41 Å². The van der Waals surface area contributed by atoms with Crippen LogP contribution >= 0.6 is 15.9 Å². The lowest BCUT2D eigenvalue weighted by molar-refractivity contribution is 0.132. The number of hydrogen-bond donors (Lipinski definition) is 3. The van der Waals surface area contributed by atoms with Crippen LogP contribution in [-0.2, 0) is 0 Å². The molecule has 0 fully saturated rings. The molecule has 3 N–H and O–H groups in total. The average molecular weight is 317 g/mol. The molecule has 0 aliphatic heterocycles. The maximum absolute atomic E-state index is 9.93. The van der Waals surface area contributed by atoms with Gasteiger partial charge >= 0.3 is 0 Å². The van der Waals surface area contributed by atoms with Gasteiger partial charge in [-0.25, -0.2) is 4.98 Å². The molecular formula is C12H21BrN4O. The molecular weight excluding hydrogens is 296 g/mol. The lowest BCUT2D eigenvalue weighted by Crippen LogP contribution is -2.25. The highest BCUT2D eigenvalue weighted by atomic mass is 79.9. The van der Waals surface area contributed by atoms with Crippen LogP contribution in [0.3, 0.4) is 0 Å². The summed E-state index contributed by atoms with van der Waals surface area (Å²) in [7, 11) is 1.77. The minimum Gasteiger partial charge on any atom is -0.391 e. The van der Waals surface area contributed by atoms with Gasteiger partial charge in [-0.3, -0.25) is 0 Å². The third-order valence-corrected chi connectivity index (χ3v) is 2.90. The summed E-state index contributed by atoms with van der Waals surface area (Å²) < 4.78 is 0.782. The molecule has 18 heavy (non-hydrogen) atoms. The van der Waals surface area contributed by atoms with Gasteiger partial charge in [0.2, 0.25) is 5.95 Å². The molecule has 0 saturated heterocycles. The fraction of sp³-hybridized carbons (Fsp3) is 0.667. The van der Waals surface area contributed by atoms with E-state index >= 15 is 0 Å². The summed E-state index contributed by atoms with van der Waals surface area (Å²) in [5.74, 6) is 1.23. The van der Waals surface area contributed by atoms with Crippen molar-refractivity contribution in [2.45, 2.75) is 33.3 Å². The summed E-state index contributed by atoms with van der Waals surface area (Å²) in [4.78, 5) is 8.34. The van der Waals surface area contributed by atoms with Crippen LogP contribution in [0.5, 0.6) is 0 Å². The van der Waals surface area contributed by atoms with Gasteiger partial charge in [-0.05, 0) is 27.8 Å². The van der Waals surface area contributed by atoms with Crippen molar-refractivity contribution in [3.8, 4) is 0 Å². The summed E-state index contributed by atoms with van der Waals surface area (Å²) in [5, 5.41) is 15.9. The Morgan fingerprint density at radius 1 is 1.44 bits per heavy atom. The topological polar surface area (TPSA) is 70.1 Å². The highest BCUT2D eigenvalue weighted by molar-refractivity contribution is 9.10. The Morgan fingerprint density at radius 3 is 2.67 bits per heavy atom. The minimum absolute atomic E-state index is 0.111. The zero-order valence-corrected chi connectivity index (χ0v) is 12.9. The molecule has 1 aromatic heterocycles. The molecule has 0 bridgehead atoms. The van der Waals surface area contributed by atoms with E-state index in [0.717, 1.165) is 10.9 Å². The van der Waals surface area contributed by atoms with E-state index in [1.54, 1.807) is 13.2 Å². The van der Waals surface area contributed by atoms with Gasteiger partial charge in [0, 0.05) is 19.8 Å². The first-order chi connectivity index (χ1) is 8.31. The zero-order chi connectivity index (χ0) is 13.8. The van der Waals surface area contributed by atoms with E-state index in [9.17, 15) is 5.11 Å². The second-order valence-corrected chi connectivity index (χ2v) is 6.29. The second kappa shape index (κ2) is 6.33. The van der Waals surface area contributed by atoms with Crippen LogP contribution in [0.1, 0.15) is 27.2 Å². The van der Waals surface area contributed by atoms with Gasteiger partial charge in [0.05, 0.1) is 10.6 Å².